The van der Waals surface area contributed by atoms with Gasteiger partial charge in [0.1, 0.15) is 0 Å². The Morgan fingerprint density at radius 2 is 2.04 bits per heavy atom. The van der Waals surface area contributed by atoms with E-state index in [1.807, 2.05) is 17.9 Å². The molecule has 0 aliphatic carbocycles. The average Bonchev–Trinajstić information content (AvgIpc) is 2.59. The Kier molecular flexibility index (Phi) is 6.64. The van der Waals surface area contributed by atoms with Crippen LogP contribution in [-0.4, -0.2) is 37.1 Å². The molecule has 0 aromatic heterocycles. The molecule has 23 heavy (non-hydrogen) atoms. The summed E-state index contributed by atoms with van der Waals surface area (Å²) < 4.78 is 5.54. The molecule has 1 unspecified atom stereocenters. The molecule has 0 N–H and O–H groups in total. The van der Waals surface area contributed by atoms with Crippen LogP contribution < -0.4 is 0 Å². The van der Waals surface area contributed by atoms with Gasteiger partial charge < -0.3 is 9.64 Å². The number of benzene rings is 1. The second-order valence-electron chi connectivity index (χ2n) is 7.26. The standard InChI is InChI=1S/C20H31NO2/c1-4-23-16-17-9-8-14-21(15-17)19(22)12-13-20(2,3)18-10-6-5-7-11-18/h5-7,10-11,17H,4,8-9,12-16H2,1-3H3. The maximum Gasteiger partial charge on any atom is 0.222 e. The smallest absolute Gasteiger partial charge is 0.222 e. The third kappa shape index (κ3) is 5.35. The summed E-state index contributed by atoms with van der Waals surface area (Å²) in [6.07, 6.45) is 3.80. The van der Waals surface area contributed by atoms with Crippen LogP contribution in [0.3, 0.4) is 0 Å². The van der Waals surface area contributed by atoms with Crippen LogP contribution in [0.2, 0.25) is 0 Å². The highest BCUT2D eigenvalue weighted by Crippen LogP contribution is 2.29. The van der Waals surface area contributed by atoms with Crippen molar-refractivity contribution in [3.8, 4) is 0 Å². The Balaban J connectivity index is 1.84. The molecule has 2 rings (SSSR count). The van der Waals surface area contributed by atoms with Crippen LogP contribution in [0.4, 0.5) is 0 Å². The lowest BCUT2D eigenvalue weighted by molar-refractivity contribution is -0.133. The van der Waals surface area contributed by atoms with Crippen LogP contribution >= 0.6 is 0 Å². The molecular weight excluding hydrogens is 286 g/mol. The Morgan fingerprint density at radius 3 is 2.74 bits per heavy atom. The number of rotatable bonds is 7. The lowest BCUT2D eigenvalue weighted by Crippen LogP contribution is -2.41. The van der Waals surface area contributed by atoms with E-state index in [2.05, 4.69) is 38.1 Å². The first-order valence-electron chi connectivity index (χ1n) is 8.94. The topological polar surface area (TPSA) is 29.5 Å². The predicted molar refractivity (Wildman–Crippen MR) is 94.5 cm³/mol. The molecule has 1 aliphatic heterocycles. The molecule has 1 aromatic carbocycles. The number of piperidine rings is 1. The SMILES string of the molecule is CCOCC1CCCN(C(=O)CCC(C)(C)c2ccccc2)C1. The lowest BCUT2D eigenvalue weighted by atomic mass is 9.80. The Labute approximate surface area is 141 Å². The van der Waals surface area contributed by atoms with Gasteiger partial charge in [-0.2, -0.15) is 0 Å². The van der Waals surface area contributed by atoms with Crippen molar-refractivity contribution in [2.45, 2.75) is 51.9 Å². The van der Waals surface area contributed by atoms with Crippen LogP contribution in [0.25, 0.3) is 0 Å². The number of hydrogen-bond donors (Lipinski definition) is 0. The van der Waals surface area contributed by atoms with Crippen molar-refractivity contribution in [2.75, 3.05) is 26.3 Å². The second-order valence-corrected chi connectivity index (χ2v) is 7.26. The molecule has 128 valence electrons. The van der Waals surface area contributed by atoms with Crippen LogP contribution in [-0.2, 0) is 14.9 Å². The lowest BCUT2D eigenvalue weighted by Gasteiger charge is -2.34. The minimum Gasteiger partial charge on any atom is -0.381 e. The average molecular weight is 317 g/mol. The van der Waals surface area contributed by atoms with Gasteiger partial charge in [0, 0.05) is 26.1 Å². The van der Waals surface area contributed by atoms with E-state index >= 15 is 0 Å². The molecule has 1 atom stereocenters. The van der Waals surface area contributed by atoms with Gasteiger partial charge in [0.15, 0.2) is 0 Å². The van der Waals surface area contributed by atoms with Crippen molar-refractivity contribution in [3.05, 3.63) is 35.9 Å². The number of carbonyl (C=O) groups is 1. The highest BCUT2D eigenvalue weighted by molar-refractivity contribution is 5.76. The quantitative estimate of drug-likeness (QED) is 0.760. The molecule has 1 saturated heterocycles. The first kappa shape index (κ1) is 18.0. The number of carbonyl (C=O) groups excluding carboxylic acids is 1. The summed E-state index contributed by atoms with van der Waals surface area (Å²) in [5.74, 6) is 0.810. The van der Waals surface area contributed by atoms with Gasteiger partial charge in [-0.3, -0.25) is 4.79 Å². The minimum absolute atomic E-state index is 0.0391. The van der Waals surface area contributed by atoms with E-state index in [0.29, 0.717) is 18.2 Å². The van der Waals surface area contributed by atoms with Gasteiger partial charge in [0.25, 0.3) is 0 Å². The first-order chi connectivity index (χ1) is 11.0. The molecule has 1 aliphatic rings. The van der Waals surface area contributed by atoms with Crippen LogP contribution in [0.5, 0.6) is 0 Å². The van der Waals surface area contributed by atoms with Gasteiger partial charge in [-0.15, -0.1) is 0 Å². The third-order valence-electron chi connectivity index (χ3n) is 4.95. The van der Waals surface area contributed by atoms with Crippen molar-refractivity contribution in [3.63, 3.8) is 0 Å². The van der Waals surface area contributed by atoms with Crippen molar-refractivity contribution in [2.24, 2.45) is 5.92 Å². The van der Waals surface area contributed by atoms with Crippen LogP contribution in [0.15, 0.2) is 30.3 Å². The number of hydrogen-bond acceptors (Lipinski definition) is 2. The van der Waals surface area contributed by atoms with Gasteiger partial charge in [0.05, 0.1) is 6.61 Å². The van der Waals surface area contributed by atoms with Crippen LogP contribution in [0.1, 0.15) is 52.0 Å². The second kappa shape index (κ2) is 8.49. The zero-order valence-corrected chi connectivity index (χ0v) is 14.9. The number of amides is 1. The summed E-state index contributed by atoms with van der Waals surface area (Å²) in [5.41, 5.74) is 1.35. The molecule has 1 heterocycles. The fourth-order valence-electron chi connectivity index (χ4n) is 3.32. The van der Waals surface area contributed by atoms with E-state index in [9.17, 15) is 4.79 Å². The summed E-state index contributed by atoms with van der Waals surface area (Å²) in [4.78, 5) is 14.6. The molecule has 0 saturated carbocycles. The maximum absolute atomic E-state index is 12.6. The number of nitrogens with zero attached hydrogens (tertiary/aromatic N) is 1. The van der Waals surface area contributed by atoms with Gasteiger partial charge >= 0.3 is 0 Å². The molecule has 3 heteroatoms. The summed E-state index contributed by atoms with van der Waals surface area (Å²) >= 11 is 0. The molecular formula is C20H31NO2. The molecule has 0 radical (unpaired) electrons. The fourth-order valence-corrected chi connectivity index (χ4v) is 3.32. The fraction of sp³-hybridized carbons (Fsp3) is 0.650. The Hall–Kier alpha value is -1.35. The van der Waals surface area contributed by atoms with Gasteiger partial charge in [0.2, 0.25) is 5.91 Å². The van der Waals surface area contributed by atoms with E-state index in [4.69, 9.17) is 4.74 Å². The molecule has 1 aromatic rings. The van der Waals surface area contributed by atoms with Crippen LogP contribution in [0, 0.1) is 5.92 Å². The molecule has 3 nitrogen and oxygen atoms in total. The Bertz CT molecular complexity index is 484. The van der Waals surface area contributed by atoms with Crippen molar-refractivity contribution >= 4 is 5.91 Å². The highest BCUT2D eigenvalue weighted by atomic mass is 16.5. The maximum atomic E-state index is 12.6. The van der Waals surface area contributed by atoms with E-state index in [0.717, 1.165) is 39.1 Å². The summed E-state index contributed by atoms with van der Waals surface area (Å²) in [6, 6.07) is 10.5. The molecule has 0 spiro atoms. The summed E-state index contributed by atoms with van der Waals surface area (Å²) in [6.45, 7) is 9.80. The number of likely N-dealkylation sites (tertiary alicyclic amines) is 1. The van der Waals surface area contributed by atoms with Gasteiger partial charge in [-0.05, 0) is 43.1 Å². The summed E-state index contributed by atoms with van der Waals surface area (Å²) in [5, 5.41) is 0. The van der Waals surface area contributed by atoms with E-state index in [1.54, 1.807) is 0 Å². The molecule has 1 amide bonds. The first-order valence-corrected chi connectivity index (χ1v) is 8.94. The zero-order chi connectivity index (χ0) is 16.7. The van der Waals surface area contributed by atoms with E-state index in [1.165, 1.54) is 12.0 Å². The van der Waals surface area contributed by atoms with E-state index < -0.39 is 0 Å². The largest absolute Gasteiger partial charge is 0.381 e. The summed E-state index contributed by atoms with van der Waals surface area (Å²) in [7, 11) is 0. The van der Waals surface area contributed by atoms with Gasteiger partial charge in [-0.25, -0.2) is 0 Å². The van der Waals surface area contributed by atoms with Gasteiger partial charge in [-0.1, -0.05) is 44.2 Å². The molecule has 0 bridgehead atoms. The van der Waals surface area contributed by atoms with Crippen molar-refractivity contribution in [1.82, 2.24) is 4.90 Å². The third-order valence-corrected chi connectivity index (χ3v) is 4.95. The predicted octanol–water partition coefficient (Wildman–Crippen LogP) is 4.02. The Morgan fingerprint density at radius 1 is 1.30 bits per heavy atom. The van der Waals surface area contributed by atoms with Crippen molar-refractivity contribution < 1.29 is 9.53 Å². The number of ether oxygens (including phenoxy) is 1. The van der Waals surface area contributed by atoms with E-state index in [-0.39, 0.29) is 5.41 Å². The monoisotopic (exact) mass is 317 g/mol. The van der Waals surface area contributed by atoms with Crippen molar-refractivity contribution in [1.29, 1.82) is 0 Å². The minimum atomic E-state index is 0.0391. The molecule has 1 fully saturated rings. The highest BCUT2D eigenvalue weighted by Gasteiger charge is 2.26. The normalized spacial score (nSPS) is 18.9. The zero-order valence-electron chi connectivity index (χ0n) is 14.9.